The molecule has 0 saturated heterocycles. The summed E-state index contributed by atoms with van der Waals surface area (Å²) >= 11 is 0. The Morgan fingerprint density at radius 1 is 1.04 bits per heavy atom. The van der Waals surface area contributed by atoms with Crippen molar-refractivity contribution in [3.05, 3.63) is 54.7 Å². The predicted molar refractivity (Wildman–Crippen MR) is 94.6 cm³/mol. The second kappa shape index (κ2) is 7.70. The lowest BCUT2D eigenvalue weighted by Crippen LogP contribution is -2.05. The Morgan fingerprint density at radius 2 is 1.87 bits per heavy atom. The highest BCUT2D eigenvalue weighted by Crippen LogP contribution is 2.20. The first-order valence-corrected chi connectivity index (χ1v) is 8.00. The highest BCUT2D eigenvalue weighted by Gasteiger charge is 2.03. The van der Waals surface area contributed by atoms with Crippen LogP contribution in [0.2, 0.25) is 0 Å². The molecular formula is C19H21N3O. The lowest BCUT2D eigenvalue weighted by atomic mass is 10.1. The molecule has 0 atom stereocenters. The van der Waals surface area contributed by atoms with Gasteiger partial charge in [0, 0.05) is 42.6 Å². The maximum atomic E-state index is 5.33. The fourth-order valence-electron chi connectivity index (χ4n) is 2.40. The van der Waals surface area contributed by atoms with Gasteiger partial charge in [0.15, 0.2) is 5.82 Å². The molecular weight excluding hydrogens is 286 g/mol. The molecule has 0 radical (unpaired) electrons. The summed E-state index contributed by atoms with van der Waals surface area (Å²) in [4.78, 5) is 9.08. The quantitative estimate of drug-likeness (QED) is 0.667. The summed E-state index contributed by atoms with van der Waals surface area (Å²) < 4.78 is 5.33. The molecule has 0 fully saturated rings. The van der Waals surface area contributed by atoms with Crippen LogP contribution in [0.15, 0.2) is 54.7 Å². The molecule has 1 heterocycles. The largest absolute Gasteiger partial charge is 0.385 e. The Morgan fingerprint density at radius 3 is 2.70 bits per heavy atom. The van der Waals surface area contributed by atoms with Crippen LogP contribution in [0.4, 0.5) is 5.69 Å². The van der Waals surface area contributed by atoms with Crippen LogP contribution in [-0.4, -0.2) is 29.7 Å². The number of anilines is 1. The van der Waals surface area contributed by atoms with Crippen molar-refractivity contribution >= 4 is 16.6 Å². The van der Waals surface area contributed by atoms with E-state index in [4.69, 9.17) is 4.74 Å². The molecule has 0 aliphatic rings. The first kappa shape index (κ1) is 15.4. The highest BCUT2D eigenvalue weighted by molar-refractivity contribution is 5.79. The molecule has 23 heavy (non-hydrogen) atoms. The summed E-state index contributed by atoms with van der Waals surface area (Å²) in [6.07, 6.45) is 2.88. The van der Waals surface area contributed by atoms with Crippen LogP contribution in [0.25, 0.3) is 22.3 Å². The number of ether oxygens (including phenoxy) is 1. The van der Waals surface area contributed by atoms with Gasteiger partial charge in [0.25, 0.3) is 0 Å². The van der Waals surface area contributed by atoms with Gasteiger partial charge in [0.1, 0.15) is 0 Å². The topological polar surface area (TPSA) is 47.0 Å². The van der Waals surface area contributed by atoms with E-state index in [1.54, 1.807) is 0 Å². The molecule has 3 rings (SSSR count). The third kappa shape index (κ3) is 4.05. The van der Waals surface area contributed by atoms with E-state index < -0.39 is 0 Å². The summed E-state index contributed by atoms with van der Waals surface area (Å²) in [7, 11) is 0. The Kier molecular flexibility index (Phi) is 5.17. The van der Waals surface area contributed by atoms with Gasteiger partial charge in [-0.15, -0.1) is 0 Å². The predicted octanol–water partition coefficient (Wildman–Crippen LogP) is 4.14. The minimum atomic E-state index is 0.756. The minimum Gasteiger partial charge on any atom is -0.385 e. The second-order valence-corrected chi connectivity index (χ2v) is 5.31. The summed E-state index contributed by atoms with van der Waals surface area (Å²) in [6.45, 7) is 4.50. The maximum Gasteiger partial charge on any atom is 0.159 e. The number of hydrogen-bond acceptors (Lipinski definition) is 4. The molecule has 118 valence electrons. The van der Waals surface area contributed by atoms with E-state index >= 15 is 0 Å². The van der Waals surface area contributed by atoms with E-state index in [1.807, 2.05) is 37.4 Å². The van der Waals surface area contributed by atoms with Crippen molar-refractivity contribution in [1.29, 1.82) is 0 Å². The van der Waals surface area contributed by atoms with Crippen LogP contribution >= 0.6 is 0 Å². The van der Waals surface area contributed by atoms with E-state index in [-0.39, 0.29) is 0 Å². The summed E-state index contributed by atoms with van der Waals surface area (Å²) in [5.74, 6) is 0.756. The molecule has 1 N–H and O–H groups in total. The lowest BCUT2D eigenvalue weighted by Gasteiger charge is -2.07. The first-order valence-electron chi connectivity index (χ1n) is 8.00. The minimum absolute atomic E-state index is 0.756. The molecule has 0 bridgehead atoms. The van der Waals surface area contributed by atoms with E-state index in [0.29, 0.717) is 0 Å². The van der Waals surface area contributed by atoms with E-state index in [9.17, 15) is 0 Å². The third-order valence-corrected chi connectivity index (χ3v) is 3.63. The number of hydrogen-bond donors (Lipinski definition) is 1. The van der Waals surface area contributed by atoms with Gasteiger partial charge in [-0.25, -0.2) is 9.97 Å². The Hall–Kier alpha value is -2.46. The Balaban J connectivity index is 1.66. The number of benzene rings is 2. The van der Waals surface area contributed by atoms with Crippen LogP contribution in [0.5, 0.6) is 0 Å². The zero-order chi connectivity index (χ0) is 15.9. The Labute approximate surface area is 136 Å². The molecule has 2 aromatic carbocycles. The maximum absolute atomic E-state index is 5.33. The molecule has 0 spiro atoms. The molecule has 0 unspecified atom stereocenters. The van der Waals surface area contributed by atoms with Gasteiger partial charge in [-0.2, -0.15) is 0 Å². The van der Waals surface area contributed by atoms with Crippen molar-refractivity contribution in [3.8, 4) is 11.4 Å². The lowest BCUT2D eigenvalue weighted by molar-refractivity contribution is 0.147. The molecule has 0 aliphatic heterocycles. The smallest absolute Gasteiger partial charge is 0.159 e. The standard InChI is InChI=1S/C19H21N3O/c1-2-23-13-5-12-20-17-10-8-15(9-11-17)19-21-14-16-6-3-4-7-18(16)22-19/h3-4,6-11,14,20H,2,5,12-13H2,1H3. The zero-order valence-corrected chi connectivity index (χ0v) is 13.3. The van der Waals surface area contributed by atoms with E-state index in [0.717, 1.165) is 54.2 Å². The SMILES string of the molecule is CCOCCCNc1ccc(-c2ncc3ccccc3n2)cc1. The molecule has 3 aromatic rings. The van der Waals surface area contributed by atoms with E-state index in [2.05, 4.69) is 39.6 Å². The zero-order valence-electron chi connectivity index (χ0n) is 13.3. The Bertz CT molecular complexity index is 756. The molecule has 4 nitrogen and oxygen atoms in total. The number of aromatic nitrogens is 2. The number of rotatable bonds is 7. The molecule has 0 saturated carbocycles. The normalized spacial score (nSPS) is 10.8. The van der Waals surface area contributed by atoms with Crippen molar-refractivity contribution < 1.29 is 4.74 Å². The van der Waals surface area contributed by atoms with Crippen molar-refractivity contribution in [2.45, 2.75) is 13.3 Å². The first-order chi connectivity index (χ1) is 11.4. The molecule has 1 aromatic heterocycles. The molecule has 4 heteroatoms. The average Bonchev–Trinajstić information content (AvgIpc) is 2.62. The highest BCUT2D eigenvalue weighted by atomic mass is 16.5. The van der Waals surface area contributed by atoms with Gasteiger partial charge in [-0.05, 0) is 43.7 Å². The average molecular weight is 307 g/mol. The van der Waals surface area contributed by atoms with Crippen LogP contribution in [0.1, 0.15) is 13.3 Å². The molecule has 0 aliphatic carbocycles. The van der Waals surface area contributed by atoms with Crippen molar-refractivity contribution in [1.82, 2.24) is 9.97 Å². The fraction of sp³-hybridized carbons (Fsp3) is 0.263. The van der Waals surface area contributed by atoms with Crippen molar-refractivity contribution in [2.75, 3.05) is 25.1 Å². The monoisotopic (exact) mass is 307 g/mol. The van der Waals surface area contributed by atoms with Gasteiger partial charge in [-0.1, -0.05) is 18.2 Å². The fourth-order valence-corrected chi connectivity index (χ4v) is 2.40. The second-order valence-electron chi connectivity index (χ2n) is 5.31. The van der Waals surface area contributed by atoms with Crippen LogP contribution < -0.4 is 5.32 Å². The molecule has 0 amide bonds. The van der Waals surface area contributed by atoms with Crippen molar-refractivity contribution in [2.24, 2.45) is 0 Å². The number of para-hydroxylation sites is 1. The van der Waals surface area contributed by atoms with Gasteiger partial charge in [-0.3, -0.25) is 0 Å². The summed E-state index contributed by atoms with van der Waals surface area (Å²) in [5, 5.41) is 4.45. The summed E-state index contributed by atoms with van der Waals surface area (Å²) in [6, 6.07) is 16.3. The van der Waals surface area contributed by atoms with Gasteiger partial charge in [0.2, 0.25) is 0 Å². The number of fused-ring (bicyclic) bond motifs is 1. The number of nitrogens with one attached hydrogen (secondary N) is 1. The van der Waals surface area contributed by atoms with Gasteiger partial charge >= 0.3 is 0 Å². The van der Waals surface area contributed by atoms with E-state index in [1.165, 1.54) is 0 Å². The van der Waals surface area contributed by atoms with Crippen LogP contribution in [0.3, 0.4) is 0 Å². The van der Waals surface area contributed by atoms with Gasteiger partial charge < -0.3 is 10.1 Å². The number of nitrogens with zero attached hydrogens (tertiary/aromatic N) is 2. The summed E-state index contributed by atoms with van der Waals surface area (Å²) in [5.41, 5.74) is 3.09. The third-order valence-electron chi connectivity index (χ3n) is 3.63. The van der Waals surface area contributed by atoms with Crippen LogP contribution in [-0.2, 0) is 4.74 Å². The van der Waals surface area contributed by atoms with Crippen molar-refractivity contribution in [3.63, 3.8) is 0 Å². The van der Waals surface area contributed by atoms with Crippen LogP contribution in [0, 0.1) is 0 Å². The van der Waals surface area contributed by atoms with Gasteiger partial charge in [0.05, 0.1) is 5.52 Å².